The maximum atomic E-state index is 11.3. The second kappa shape index (κ2) is 6.02. The van der Waals surface area contributed by atoms with E-state index in [1.165, 1.54) is 22.5 Å². The highest BCUT2D eigenvalue weighted by Gasteiger charge is 2.15. The Bertz CT molecular complexity index is 694. The van der Waals surface area contributed by atoms with Gasteiger partial charge in [-0.1, -0.05) is 24.3 Å². The van der Waals surface area contributed by atoms with Gasteiger partial charge in [0.05, 0.1) is 5.71 Å². The molecule has 7 heteroatoms. The number of hydrazine groups is 1. The molecular formula is C14H15N5OS. The molecule has 6 nitrogen and oxygen atoms in total. The zero-order valence-corrected chi connectivity index (χ0v) is 12.1. The molecule has 1 aromatic carbocycles. The first kappa shape index (κ1) is 13.7. The van der Waals surface area contributed by atoms with Gasteiger partial charge in [-0.2, -0.15) is 5.10 Å². The summed E-state index contributed by atoms with van der Waals surface area (Å²) in [7, 11) is 0. The van der Waals surface area contributed by atoms with Gasteiger partial charge in [-0.15, -0.1) is 11.3 Å². The van der Waals surface area contributed by atoms with Crippen LogP contribution >= 0.6 is 11.3 Å². The number of carbonyl (C=O) groups is 1. The van der Waals surface area contributed by atoms with E-state index < -0.39 is 5.91 Å². The summed E-state index contributed by atoms with van der Waals surface area (Å²) in [5.41, 5.74) is 8.81. The number of hydrogen-bond acceptors (Lipinski definition) is 6. The summed E-state index contributed by atoms with van der Waals surface area (Å²) in [5, 5.41) is 6.66. The summed E-state index contributed by atoms with van der Waals surface area (Å²) in [5.74, 6) is 4.67. The molecule has 0 saturated carbocycles. The average molecular weight is 301 g/mol. The number of anilines is 1. The Morgan fingerprint density at radius 3 is 3.05 bits per heavy atom. The van der Waals surface area contributed by atoms with Gasteiger partial charge in [0.1, 0.15) is 5.69 Å². The Balaban J connectivity index is 1.78. The Hall–Kier alpha value is -2.25. The van der Waals surface area contributed by atoms with Crippen LogP contribution in [0.2, 0.25) is 0 Å². The second-order valence-electron chi connectivity index (χ2n) is 4.69. The van der Waals surface area contributed by atoms with Gasteiger partial charge in [0.2, 0.25) is 5.13 Å². The molecular weight excluding hydrogens is 286 g/mol. The topological polar surface area (TPSA) is 92.4 Å². The quantitative estimate of drug-likeness (QED) is 0.458. The van der Waals surface area contributed by atoms with Crippen molar-refractivity contribution in [2.24, 2.45) is 10.9 Å². The lowest BCUT2D eigenvalue weighted by atomic mass is 9.90. The number of aryl methyl sites for hydroxylation is 1. The van der Waals surface area contributed by atoms with Crippen LogP contribution in [-0.4, -0.2) is 16.6 Å². The largest absolute Gasteiger partial charge is 0.289 e. The first-order valence-corrected chi connectivity index (χ1v) is 7.53. The van der Waals surface area contributed by atoms with Crippen LogP contribution < -0.4 is 16.7 Å². The van der Waals surface area contributed by atoms with Crippen LogP contribution in [0.15, 0.2) is 34.7 Å². The van der Waals surface area contributed by atoms with Gasteiger partial charge in [-0.3, -0.25) is 15.6 Å². The average Bonchev–Trinajstić information content (AvgIpc) is 3.01. The van der Waals surface area contributed by atoms with Crippen LogP contribution in [0.5, 0.6) is 0 Å². The van der Waals surface area contributed by atoms with Gasteiger partial charge in [0, 0.05) is 10.9 Å². The lowest BCUT2D eigenvalue weighted by molar-refractivity contribution is 0.0949. The molecule has 1 aliphatic carbocycles. The van der Waals surface area contributed by atoms with Crippen molar-refractivity contribution in [1.29, 1.82) is 0 Å². The number of fused-ring (bicyclic) bond motifs is 1. The minimum atomic E-state index is -0.407. The van der Waals surface area contributed by atoms with Crippen molar-refractivity contribution < 1.29 is 4.79 Å². The van der Waals surface area contributed by atoms with E-state index in [4.69, 9.17) is 5.84 Å². The molecule has 0 spiro atoms. The maximum Gasteiger partial charge on any atom is 0.284 e. The number of benzene rings is 1. The monoisotopic (exact) mass is 301 g/mol. The number of nitrogens with two attached hydrogens (primary N) is 1. The molecule has 0 atom stereocenters. The molecule has 1 aromatic heterocycles. The number of amides is 1. The van der Waals surface area contributed by atoms with Crippen LogP contribution in [-0.2, 0) is 6.42 Å². The zero-order valence-electron chi connectivity index (χ0n) is 11.3. The molecule has 0 fully saturated rings. The van der Waals surface area contributed by atoms with E-state index in [1.54, 1.807) is 5.38 Å². The van der Waals surface area contributed by atoms with Crippen LogP contribution in [0.1, 0.15) is 34.5 Å². The van der Waals surface area contributed by atoms with Crippen molar-refractivity contribution in [3.05, 3.63) is 46.5 Å². The number of nitrogen functional groups attached to an aromatic ring is 1. The standard InChI is InChI=1S/C14H15N5OS/c15-17-13(20)12-8-21-14(16-12)19-18-11-7-3-5-9-4-1-2-6-10(9)11/h1-2,4,6,8H,3,5,7,15H2,(H,16,19)(H,17,20). The van der Waals surface area contributed by atoms with Crippen molar-refractivity contribution in [3.8, 4) is 0 Å². The molecule has 108 valence electrons. The lowest BCUT2D eigenvalue weighted by Gasteiger charge is -2.17. The predicted molar refractivity (Wildman–Crippen MR) is 83.3 cm³/mol. The van der Waals surface area contributed by atoms with E-state index in [2.05, 4.69) is 33.1 Å². The minimum Gasteiger partial charge on any atom is -0.289 e. The Morgan fingerprint density at radius 1 is 1.33 bits per heavy atom. The third kappa shape index (κ3) is 2.93. The summed E-state index contributed by atoms with van der Waals surface area (Å²) in [6.07, 6.45) is 3.12. The highest BCUT2D eigenvalue weighted by Crippen LogP contribution is 2.22. The third-order valence-corrected chi connectivity index (χ3v) is 4.09. The van der Waals surface area contributed by atoms with Gasteiger partial charge in [-0.05, 0) is 24.8 Å². The molecule has 0 radical (unpaired) electrons. The SMILES string of the molecule is NNC(=O)c1csc(NN=C2CCCc3ccccc32)n1. The smallest absolute Gasteiger partial charge is 0.284 e. The van der Waals surface area contributed by atoms with E-state index in [-0.39, 0.29) is 5.69 Å². The van der Waals surface area contributed by atoms with Gasteiger partial charge < -0.3 is 0 Å². The molecule has 0 aliphatic heterocycles. The molecule has 4 N–H and O–H groups in total. The highest BCUT2D eigenvalue weighted by molar-refractivity contribution is 7.13. The number of rotatable bonds is 3. The highest BCUT2D eigenvalue weighted by atomic mass is 32.1. The number of hydrazone groups is 1. The van der Waals surface area contributed by atoms with E-state index in [0.29, 0.717) is 5.13 Å². The summed E-state index contributed by atoms with van der Waals surface area (Å²) in [4.78, 5) is 15.5. The molecule has 0 saturated heterocycles. The van der Waals surface area contributed by atoms with E-state index >= 15 is 0 Å². The third-order valence-electron chi connectivity index (χ3n) is 3.34. The number of aromatic nitrogens is 1. The Kier molecular flexibility index (Phi) is 3.94. The van der Waals surface area contributed by atoms with Gasteiger partial charge in [-0.25, -0.2) is 10.8 Å². The first-order valence-electron chi connectivity index (χ1n) is 6.65. The van der Waals surface area contributed by atoms with Crippen LogP contribution in [0, 0.1) is 0 Å². The maximum absolute atomic E-state index is 11.3. The van der Waals surface area contributed by atoms with Crippen molar-refractivity contribution in [2.45, 2.75) is 19.3 Å². The number of carbonyl (C=O) groups excluding carboxylic acids is 1. The van der Waals surface area contributed by atoms with Crippen LogP contribution in [0.3, 0.4) is 0 Å². The predicted octanol–water partition coefficient (Wildman–Crippen LogP) is 1.90. The zero-order chi connectivity index (χ0) is 14.7. The minimum absolute atomic E-state index is 0.286. The van der Waals surface area contributed by atoms with Gasteiger partial charge in [0.15, 0.2) is 0 Å². The van der Waals surface area contributed by atoms with E-state index in [0.717, 1.165) is 25.0 Å². The number of hydrogen-bond donors (Lipinski definition) is 3. The molecule has 1 aliphatic rings. The molecule has 1 amide bonds. The fourth-order valence-electron chi connectivity index (χ4n) is 2.34. The summed E-state index contributed by atoms with van der Waals surface area (Å²) in [6.45, 7) is 0. The molecule has 1 heterocycles. The Labute approximate surface area is 126 Å². The van der Waals surface area contributed by atoms with Crippen molar-refractivity contribution in [3.63, 3.8) is 0 Å². The van der Waals surface area contributed by atoms with Crippen molar-refractivity contribution in [2.75, 3.05) is 5.43 Å². The van der Waals surface area contributed by atoms with E-state index in [9.17, 15) is 4.79 Å². The lowest BCUT2D eigenvalue weighted by Crippen LogP contribution is -2.30. The molecule has 0 bridgehead atoms. The Morgan fingerprint density at radius 2 is 2.19 bits per heavy atom. The fraction of sp³-hybridized carbons (Fsp3) is 0.214. The summed E-state index contributed by atoms with van der Waals surface area (Å²) in [6, 6.07) is 8.29. The number of nitrogens with zero attached hydrogens (tertiary/aromatic N) is 2. The molecule has 0 unspecified atom stereocenters. The number of thiazole rings is 1. The molecule has 2 aromatic rings. The van der Waals surface area contributed by atoms with Crippen molar-refractivity contribution >= 4 is 28.1 Å². The van der Waals surface area contributed by atoms with Crippen LogP contribution in [0.4, 0.5) is 5.13 Å². The van der Waals surface area contributed by atoms with Gasteiger partial charge >= 0.3 is 0 Å². The normalized spacial score (nSPS) is 15.6. The van der Waals surface area contributed by atoms with Crippen LogP contribution in [0.25, 0.3) is 0 Å². The summed E-state index contributed by atoms with van der Waals surface area (Å²) < 4.78 is 0. The van der Waals surface area contributed by atoms with E-state index in [1.807, 2.05) is 12.1 Å². The fourth-order valence-corrected chi connectivity index (χ4v) is 2.97. The van der Waals surface area contributed by atoms with Gasteiger partial charge in [0.25, 0.3) is 5.91 Å². The molecule has 21 heavy (non-hydrogen) atoms. The summed E-state index contributed by atoms with van der Waals surface area (Å²) >= 11 is 1.32. The molecule has 3 rings (SSSR count). The van der Waals surface area contributed by atoms with Crippen molar-refractivity contribution in [1.82, 2.24) is 10.4 Å². The first-order chi connectivity index (χ1) is 10.3. The second-order valence-corrected chi connectivity index (χ2v) is 5.55. The number of nitrogens with one attached hydrogen (secondary N) is 2.